The predicted molar refractivity (Wildman–Crippen MR) is 89.1 cm³/mol. The Labute approximate surface area is 150 Å². The number of nitrogens with zero attached hydrogens (tertiary/aromatic N) is 1. The standard InChI is InChI=1S/C13H17N4O7PS/c14-17-7-6-10(16-26(21,22)23)13(25-20,11(17)18)15-12(19)24-8-9-4-2-1-3-5-9/h1-5,10,16H,6-8,14H2,(H,15,19)(H,21,22,23)/t10?,13-/m1/s1. The van der Waals surface area contributed by atoms with Crippen LogP contribution in [0.2, 0.25) is 0 Å². The number of alkyl carbamates (subject to hydrolysis) is 1. The summed E-state index contributed by atoms with van der Waals surface area (Å²) in [5, 5.41) is 0.555. The van der Waals surface area contributed by atoms with Gasteiger partial charge >= 0.3 is 16.4 Å². The molecule has 1 aliphatic rings. The van der Waals surface area contributed by atoms with E-state index >= 15 is 0 Å². The second-order valence-corrected chi connectivity index (χ2v) is 7.55. The van der Waals surface area contributed by atoms with Gasteiger partial charge in [-0.25, -0.2) is 10.6 Å². The normalized spacial score (nSPS) is 23.7. The molecule has 2 amide bonds. The number of carbonyl (C=O) groups excluding carboxylic acids is 2. The van der Waals surface area contributed by atoms with Crippen molar-refractivity contribution in [2.45, 2.75) is 24.3 Å². The summed E-state index contributed by atoms with van der Waals surface area (Å²) in [4.78, 5) is 24.5. The molecule has 1 heterocycles. The highest BCUT2D eigenvalue weighted by molar-refractivity contribution is 7.83. The number of ether oxygens (including phenoxy) is 1. The highest BCUT2D eigenvalue weighted by Crippen LogP contribution is 2.32. The fourth-order valence-corrected chi connectivity index (χ4v) is 3.86. The molecule has 1 aliphatic heterocycles. The molecule has 5 N–H and O–H groups in total. The van der Waals surface area contributed by atoms with Gasteiger partial charge in [-0.1, -0.05) is 30.3 Å². The summed E-state index contributed by atoms with van der Waals surface area (Å²) >= 11 is 0. The van der Waals surface area contributed by atoms with E-state index in [2.05, 4.69) is 5.32 Å². The molecule has 142 valence electrons. The summed E-state index contributed by atoms with van der Waals surface area (Å²) in [5.74, 6) is 4.50. The molecule has 0 radical (unpaired) electrons. The fourth-order valence-electron chi connectivity index (χ4n) is 2.45. The van der Waals surface area contributed by atoms with E-state index in [4.69, 9.17) is 15.1 Å². The van der Waals surface area contributed by atoms with E-state index in [0.717, 1.165) is 0 Å². The Hall–Kier alpha value is -2.11. The second kappa shape index (κ2) is 8.06. The van der Waals surface area contributed by atoms with Gasteiger partial charge in [0.25, 0.3) is 5.91 Å². The van der Waals surface area contributed by atoms with Crippen LogP contribution in [0.5, 0.6) is 0 Å². The van der Waals surface area contributed by atoms with E-state index in [1.54, 1.807) is 35.1 Å². The van der Waals surface area contributed by atoms with Gasteiger partial charge in [-0.3, -0.25) is 24.2 Å². The molecule has 1 aromatic carbocycles. The molecule has 0 saturated carbocycles. The average molecular weight is 404 g/mol. The van der Waals surface area contributed by atoms with Crippen LogP contribution < -0.4 is 15.9 Å². The molecule has 2 atom stereocenters. The van der Waals surface area contributed by atoms with E-state index in [1.165, 1.54) is 0 Å². The van der Waals surface area contributed by atoms with Gasteiger partial charge in [0, 0.05) is 6.54 Å². The van der Waals surface area contributed by atoms with Crippen LogP contribution in [0.3, 0.4) is 0 Å². The molecular weight excluding hydrogens is 387 g/mol. The van der Waals surface area contributed by atoms with Gasteiger partial charge in [0.05, 0.1) is 6.04 Å². The number of amides is 2. The monoisotopic (exact) mass is 404 g/mol. The van der Waals surface area contributed by atoms with E-state index in [1.807, 2.05) is 0 Å². The van der Waals surface area contributed by atoms with Crippen LogP contribution in [-0.4, -0.2) is 47.8 Å². The molecule has 1 fully saturated rings. The quantitative estimate of drug-likeness (QED) is 0.218. The number of piperidine rings is 1. The van der Waals surface area contributed by atoms with Crippen molar-refractivity contribution < 1.29 is 31.9 Å². The minimum absolute atomic E-state index is 0.0793. The number of rotatable bonds is 6. The summed E-state index contributed by atoms with van der Waals surface area (Å²) < 4.78 is 49.7. The van der Waals surface area contributed by atoms with Gasteiger partial charge in [-0.15, -0.1) is 0 Å². The minimum Gasteiger partial charge on any atom is -0.445 e. The lowest BCUT2D eigenvalue weighted by Crippen LogP contribution is -2.71. The Morgan fingerprint density at radius 1 is 1.42 bits per heavy atom. The lowest BCUT2D eigenvalue weighted by atomic mass is 9.99. The summed E-state index contributed by atoms with van der Waals surface area (Å²) in [6.45, 7) is -0.209. The van der Waals surface area contributed by atoms with Gasteiger partial charge in [-0.05, 0) is 12.0 Å². The van der Waals surface area contributed by atoms with Crippen LogP contribution in [0.25, 0.3) is 0 Å². The second-order valence-electron chi connectivity index (χ2n) is 5.48. The van der Waals surface area contributed by atoms with Crippen molar-refractivity contribution in [2.24, 2.45) is 5.84 Å². The molecule has 11 nitrogen and oxygen atoms in total. The third-order valence-corrected chi connectivity index (χ3v) is 5.18. The van der Waals surface area contributed by atoms with E-state index in [-0.39, 0.29) is 19.6 Å². The smallest absolute Gasteiger partial charge is 0.408 e. The molecule has 1 aromatic rings. The molecule has 13 heteroatoms. The van der Waals surface area contributed by atoms with Crippen molar-refractivity contribution in [1.82, 2.24) is 15.0 Å². The van der Waals surface area contributed by atoms with Crippen molar-refractivity contribution in [3.63, 3.8) is 0 Å². The maximum absolute atomic E-state index is 12.4. The Balaban J connectivity index is 2.18. The zero-order chi connectivity index (χ0) is 19.4. The van der Waals surface area contributed by atoms with Crippen LogP contribution in [0, 0.1) is 0 Å². The summed E-state index contributed by atoms with van der Waals surface area (Å²) in [5.41, 5.74) is 0.666. The van der Waals surface area contributed by atoms with Crippen LogP contribution in [0.4, 0.5) is 4.79 Å². The Kier molecular flexibility index (Phi) is 6.26. The first-order chi connectivity index (χ1) is 12.2. The number of benzene rings is 1. The van der Waals surface area contributed by atoms with E-state index < -0.39 is 42.1 Å². The van der Waals surface area contributed by atoms with Crippen LogP contribution in [0.15, 0.2) is 30.3 Å². The molecule has 1 unspecified atom stereocenters. The zero-order valence-corrected chi connectivity index (χ0v) is 15.1. The van der Waals surface area contributed by atoms with Crippen LogP contribution >= 0.6 is 8.46 Å². The van der Waals surface area contributed by atoms with Crippen molar-refractivity contribution in [3.05, 3.63) is 35.9 Å². The first kappa shape index (κ1) is 20.2. The van der Waals surface area contributed by atoms with Gasteiger partial charge in [-0.2, -0.15) is 13.1 Å². The van der Waals surface area contributed by atoms with Gasteiger partial charge in [0.1, 0.15) is 6.61 Å². The summed E-state index contributed by atoms with van der Waals surface area (Å²) in [6.07, 6.45) is -1.21. The SMILES string of the molecule is NN1CCC(NS(=O)(=O)O)[C@@](NC(=O)OCc2ccccc2)(P=O)C1=O. The molecule has 2 rings (SSSR count). The predicted octanol–water partition coefficient (Wildman–Crippen LogP) is -0.232. The molecule has 0 spiro atoms. The Bertz CT molecular complexity index is 791. The third-order valence-electron chi connectivity index (χ3n) is 3.69. The Morgan fingerprint density at radius 3 is 2.65 bits per heavy atom. The van der Waals surface area contributed by atoms with Gasteiger partial charge in [0.15, 0.2) is 8.46 Å². The van der Waals surface area contributed by atoms with E-state index in [9.17, 15) is 22.6 Å². The molecular formula is C13H17N4O7PS. The number of carbonyl (C=O) groups is 2. The number of hydrogen-bond acceptors (Lipinski definition) is 7. The average Bonchev–Trinajstić information content (AvgIpc) is 2.59. The number of nitrogens with two attached hydrogens (primary N) is 1. The molecule has 0 aliphatic carbocycles. The van der Waals surface area contributed by atoms with Crippen LogP contribution in [0.1, 0.15) is 12.0 Å². The Morgan fingerprint density at radius 2 is 2.08 bits per heavy atom. The van der Waals surface area contributed by atoms with Crippen molar-refractivity contribution >= 4 is 30.8 Å². The van der Waals surface area contributed by atoms with Crippen molar-refractivity contribution in [1.29, 1.82) is 0 Å². The number of nitrogens with one attached hydrogen (secondary N) is 2. The maximum atomic E-state index is 12.4. The first-order valence-corrected chi connectivity index (χ1v) is 9.58. The molecule has 0 bridgehead atoms. The largest absolute Gasteiger partial charge is 0.445 e. The lowest BCUT2D eigenvalue weighted by molar-refractivity contribution is -0.138. The van der Waals surface area contributed by atoms with Gasteiger partial charge < -0.3 is 4.74 Å². The highest BCUT2D eigenvalue weighted by Gasteiger charge is 2.54. The molecule has 26 heavy (non-hydrogen) atoms. The topological polar surface area (TPSA) is 168 Å². The number of hydrogen-bond donors (Lipinski definition) is 4. The first-order valence-electron chi connectivity index (χ1n) is 7.33. The summed E-state index contributed by atoms with van der Waals surface area (Å²) in [7, 11) is -5.67. The van der Waals surface area contributed by atoms with Gasteiger partial charge in [0.2, 0.25) is 5.28 Å². The minimum atomic E-state index is -4.73. The zero-order valence-electron chi connectivity index (χ0n) is 13.4. The van der Waals surface area contributed by atoms with Crippen LogP contribution in [-0.2, 0) is 31.0 Å². The van der Waals surface area contributed by atoms with Crippen molar-refractivity contribution in [3.8, 4) is 0 Å². The highest BCUT2D eigenvalue weighted by atomic mass is 32.2. The molecule has 0 aromatic heterocycles. The lowest BCUT2D eigenvalue weighted by Gasteiger charge is -2.40. The third kappa shape index (κ3) is 4.74. The molecule has 1 saturated heterocycles. The fraction of sp³-hybridized carbons (Fsp3) is 0.385. The van der Waals surface area contributed by atoms with Crippen molar-refractivity contribution in [2.75, 3.05) is 6.54 Å². The maximum Gasteiger partial charge on any atom is 0.408 e. The number of hydrazine groups is 1. The summed E-state index contributed by atoms with van der Waals surface area (Å²) in [6, 6.07) is 7.25. The van der Waals surface area contributed by atoms with E-state index in [0.29, 0.717) is 10.6 Å².